The fourth-order valence-corrected chi connectivity index (χ4v) is 2.15. The number of methoxy groups -OCH3 is 2. The molecule has 0 aliphatic heterocycles. The molecule has 0 atom stereocenters. The fraction of sp³-hybridized carbons (Fsp3) is 0.211. The number of nitrogens with zero attached hydrogens (tertiary/aromatic N) is 1. The molecule has 0 bridgehead atoms. The number of benzene rings is 2. The van der Waals surface area contributed by atoms with Crippen LogP contribution in [0.3, 0.4) is 0 Å². The Balaban J connectivity index is 2.05. The van der Waals surface area contributed by atoms with Gasteiger partial charge in [0.2, 0.25) is 5.91 Å². The predicted octanol–water partition coefficient (Wildman–Crippen LogP) is 3.42. The molecule has 0 aliphatic rings. The number of carbonyl (C=O) groups excluding carboxylic acids is 1. The van der Waals surface area contributed by atoms with E-state index in [0.717, 1.165) is 16.9 Å². The molecule has 0 aliphatic carbocycles. The standard InChI is InChI=1S/C19H22N2O3/c1-21(2)16-9-7-15(8-10-16)20-19(22)12-6-14-5-11-17(23-3)13-18(14)24-4/h5-13H,1-4H3,(H,20,22). The molecule has 2 aromatic carbocycles. The Morgan fingerprint density at radius 2 is 1.75 bits per heavy atom. The Morgan fingerprint density at radius 1 is 1.04 bits per heavy atom. The molecular weight excluding hydrogens is 304 g/mol. The highest BCUT2D eigenvalue weighted by molar-refractivity contribution is 6.02. The normalized spacial score (nSPS) is 10.5. The molecule has 2 rings (SSSR count). The van der Waals surface area contributed by atoms with Crippen LogP contribution in [0.5, 0.6) is 11.5 Å². The Hall–Kier alpha value is -2.95. The molecule has 0 spiro atoms. The van der Waals surface area contributed by atoms with Crippen molar-refractivity contribution in [1.82, 2.24) is 0 Å². The number of carbonyl (C=O) groups is 1. The van der Waals surface area contributed by atoms with Gasteiger partial charge in [0.1, 0.15) is 11.5 Å². The van der Waals surface area contributed by atoms with Crippen LogP contribution in [0.2, 0.25) is 0 Å². The van der Waals surface area contributed by atoms with E-state index in [4.69, 9.17) is 9.47 Å². The predicted molar refractivity (Wildman–Crippen MR) is 98.0 cm³/mol. The average Bonchev–Trinajstić information content (AvgIpc) is 2.60. The third-order valence-electron chi connectivity index (χ3n) is 3.51. The number of hydrogen-bond donors (Lipinski definition) is 1. The second-order valence-electron chi connectivity index (χ2n) is 5.37. The minimum absolute atomic E-state index is 0.203. The van der Waals surface area contributed by atoms with Gasteiger partial charge < -0.3 is 19.7 Å². The molecule has 0 aromatic heterocycles. The second-order valence-corrected chi connectivity index (χ2v) is 5.37. The van der Waals surface area contributed by atoms with Crippen LogP contribution in [-0.2, 0) is 4.79 Å². The number of nitrogens with one attached hydrogen (secondary N) is 1. The Kier molecular flexibility index (Phi) is 5.84. The maximum atomic E-state index is 12.1. The monoisotopic (exact) mass is 326 g/mol. The molecule has 2 aromatic rings. The fourth-order valence-electron chi connectivity index (χ4n) is 2.15. The number of hydrogen-bond acceptors (Lipinski definition) is 4. The summed E-state index contributed by atoms with van der Waals surface area (Å²) in [6, 6.07) is 13.1. The number of amides is 1. The van der Waals surface area contributed by atoms with Gasteiger partial charge in [0.15, 0.2) is 0 Å². The minimum Gasteiger partial charge on any atom is -0.497 e. The van der Waals surface area contributed by atoms with E-state index in [1.807, 2.05) is 55.4 Å². The largest absolute Gasteiger partial charge is 0.497 e. The van der Waals surface area contributed by atoms with Crippen molar-refractivity contribution in [3.05, 3.63) is 54.1 Å². The summed E-state index contributed by atoms with van der Waals surface area (Å²) in [5.41, 5.74) is 2.62. The van der Waals surface area contributed by atoms with Gasteiger partial charge in [-0.3, -0.25) is 4.79 Å². The topological polar surface area (TPSA) is 50.8 Å². The Bertz CT molecular complexity index is 722. The van der Waals surface area contributed by atoms with E-state index < -0.39 is 0 Å². The molecule has 5 nitrogen and oxygen atoms in total. The zero-order chi connectivity index (χ0) is 17.5. The van der Waals surface area contributed by atoms with Gasteiger partial charge in [-0.15, -0.1) is 0 Å². The van der Waals surface area contributed by atoms with E-state index in [1.165, 1.54) is 6.08 Å². The third-order valence-corrected chi connectivity index (χ3v) is 3.51. The molecule has 0 radical (unpaired) electrons. The number of ether oxygens (including phenoxy) is 2. The SMILES string of the molecule is COc1ccc(C=CC(=O)Nc2ccc(N(C)C)cc2)c(OC)c1. The summed E-state index contributed by atoms with van der Waals surface area (Å²) in [7, 11) is 7.12. The summed E-state index contributed by atoms with van der Waals surface area (Å²) in [4.78, 5) is 14.1. The van der Waals surface area contributed by atoms with Crippen LogP contribution in [0, 0.1) is 0 Å². The molecule has 126 valence electrons. The molecule has 0 fully saturated rings. The van der Waals surface area contributed by atoms with Crippen LogP contribution < -0.4 is 19.7 Å². The lowest BCUT2D eigenvalue weighted by molar-refractivity contribution is -0.111. The summed E-state index contributed by atoms with van der Waals surface area (Å²) < 4.78 is 10.5. The van der Waals surface area contributed by atoms with Gasteiger partial charge in [0, 0.05) is 43.2 Å². The quantitative estimate of drug-likeness (QED) is 0.827. The van der Waals surface area contributed by atoms with Crippen LogP contribution >= 0.6 is 0 Å². The second kappa shape index (κ2) is 8.06. The maximum Gasteiger partial charge on any atom is 0.248 e. The smallest absolute Gasteiger partial charge is 0.248 e. The zero-order valence-corrected chi connectivity index (χ0v) is 14.4. The van der Waals surface area contributed by atoms with Crippen molar-refractivity contribution >= 4 is 23.4 Å². The molecule has 24 heavy (non-hydrogen) atoms. The molecule has 1 amide bonds. The van der Waals surface area contributed by atoms with E-state index in [0.29, 0.717) is 11.5 Å². The van der Waals surface area contributed by atoms with E-state index in [-0.39, 0.29) is 5.91 Å². The first-order valence-corrected chi connectivity index (χ1v) is 7.52. The molecule has 0 unspecified atom stereocenters. The highest BCUT2D eigenvalue weighted by Crippen LogP contribution is 2.25. The molecule has 5 heteroatoms. The van der Waals surface area contributed by atoms with Gasteiger partial charge in [-0.05, 0) is 42.5 Å². The van der Waals surface area contributed by atoms with Crippen LogP contribution in [0.25, 0.3) is 6.08 Å². The Morgan fingerprint density at radius 3 is 2.33 bits per heavy atom. The van der Waals surface area contributed by atoms with E-state index in [9.17, 15) is 4.79 Å². The molecular formula is C19H22N2O3. The van der Waals surface area contributed by atoms with Gasteiger partial charge in [0.05, 0.1) is 14.2 Å². The van der Waals surface area contributed by atoms with Crippen LogP contribution in [0.15, 0.2) is 48.5 Å². The van der Waals surface area contributed by atoms with Crippen molar-refractivity contribution in [3.8, 4) is 11.5 Å². The van der Waals surface area contributed by atoms with Crippen LogP contribution in [0.4, 0.5) is 11.4 Å². The lowest BCUT2D eigenvalue weighted by Crippen LogP contribution is -2.10. The van der Waals surface area contributed by atoms with E-state index >= 15 is 0 Å². The van der Waals surface area contributed by atoms with Crippen molar-refractivity contribution in [2.45, 2.75) is 0 Å². The highest BCUT2D eigenvalue weighted by atomic mass is 16.5. The van der Waals surface area contributed by atoms with E-state index in [2.05, 4.69) is 5.32 Å². The minimum atomic E-state index is -0.203. The lowest BCUT2D eigenvalue weighted by atomic mass is 10.1. The highest BCUT2D eigenvalue weighted by Gasteiger charge is 2.04. The number of rotatable bonds is 6. The summed E-state index contributed by atoms with van der Waals surface area (Å²) in [6.45, 7) is 0. The lowest BCUT2D eigenvalue weighted by Gasteiger charge is -2.12. The van der Waals surface area contributed by atoms with Gasteiger partial charge in [-0.2, -0.15) is 0 Å². The molecule has 0 saturated carbocycles. The maximum absolute atomic E-state index is 12.1. The van der Waals surface area contributed by atoms with Crippen molar-refractivity contribution in [1.29, 1.82) is 0 Å². The first kappa shape index (κ1) is 17.4. The Labute approximate surface area is 142 Å². The summed E-state index contributed by atoms with van der Waals surface area (Å²) in [6.07, 6.45) is 3.19. The van der Waals surface area contributed by atoms with Crippen molar-refractivity contribution < 1.29 is 14.3 Å². The summed E-state index contributed by atoms with van der Waals surface area (Å²) >= 11 is 0. The van der Waals surface area contributed by atoms with Gasteiger partial charge in [-0.25, -0.2) is 0 Å². The van der Waals surface area contributed by atoms with Gasteiger partial charge >= 0.3 is 0 Å². The van der Waals surface area contributed by atoms with Crippen molar-refractivity contribution in [2.24, 2.45) is 0 Å². The van der Waals surface area contributed by atoms with E-state index in [1.54, 1.807) is 26.4 Å². The summed E-state index contributed by atoms with van der Waals surface area (Å²) in [5, 5.41) is 2.83. The third kappa shape index (κ3) is 4.52. The number of anilines is 2. The van der Waals surface area contributed by atoms with Crippen LogP contribution in [-0.4, -0.2) is 34.2 Å². The zero-order valence-electron chi connectivity index (χ0n) is 14.4. The van der Waals surface area contributed by atoms with Gasteiger partial charge in [-0.1, -0.05) is 0 Å². The first-order valence-electron chi connectivity index (χ1n) is 7.52. The summed E-state index contributed by atoms with van der Waals surface area (Å²) in [5.74, 6) is 1.15. The average molecular weight is 326 g/mol. The molecule has 0 heterocycles. The van der Waals surface area contributed by atoms with Crippen molar-refractivity contribution in [3.63, 3.8) is 0 Å². The molecule has 0 saturated heterocycles. The first-order chi connectivity index (χ1) is 11.5. The molecule has 1 N–H and O–H groups in total. The van der Waals surface area contributed by atoms with Crippen LogP contribution in [0.1, 0.15) is 5.56 Å². The van der Waals surface area contributed by atoms with Gasteiger partial charge in [0.25, 0.3) is 0 Å². The van der Waals surface area contributed by atoms with Crippen molar-refractivity contribution in [2.75, 3.05) is 38.5 Å².